The molecule has 1 aromatic rings. The molecule has 1 saturated heterocycles. The van der Waals surface area contributed by atoms with Crippen LogP contribution in [0.5, 0.6) is 5.75 Å². The van der Waals surface area contributed by atoms with E-state index in [1.54, 1.807) is 0 Å². The van der Waals surface area contributed by atoms with E-state index >= 15 is 0 Å². The van der Waals surface area contributed by atoms with Crippen LogP contribution in [-0.2, 0) is 4.74 Å². The fraction of sp³-hybridized carbons (Fsp3) is 0.625. The van der Waals surface area contributed by atoms with Crippen LogP contribution in [0.25, 0.3) is 0 Å². The number of halogens is 1. The van der Waals surface area contributed by atoms with Crippen molar-refractivity contribution in [3.05, 3.63) is 29.6 Å². The summed E-state index contributed by atoms with van der Waals surface area (Å²) in [5.74, 6) is 0.413. The lowest BCUT2D eigenvalue weighted by Crippen LogP contribution is -2.40. The topological polar surface area (TPSA) is 30.5 Å². The van der Waals surface area contributed by atoms with Crippen LogP contribution in [0.3, 0.4) is 0 Å². The van der Waals surface area contributed by atoms with Gasteiger partial charge in [0.05, 0.1) is 12.2 Å². The van der Waals surface area contributed by atoms with Crippen LogP contribution in [0.4, 0.5) is 4.39 Å². The summed E-state index contributed by atoms with van der Waals surface area (Å²) >= 11 is 0. The molecule has 0 saturated carbocycles. The molecule has 2 aliphatic rings. The molecule has 0 aromatic heterocycles. The third-order valence-corrected chi connectivity index (χ3v) is 4.23. The fourth-order valence-corrected chi connectivity index (χ4v) is 3.24. The molecule has 2 aliphatic heterocycles. The van der Waals surface area contributed by atoms with Gasteiger partial charge in [-0.05, 0) is 32.4 Å². The summed E-state index contributed by atoms with van der Waals surface area (Å²) in [7, 11) is 0. The zero-order valence-electron chi connectivity index (χ0n) is 12.1. The minimum atomic E-state index is -0.250. The molecule has 3 rings (SSSR count). The van der Waals surface area contributed by atoms with Crippen molar-refractivity contribution in [3.8, 4) is 5.75 Å². The summed E-state index contributed by atoms with van der Waals surface area (Å²) in [5.41, 5.74) is 1.05. The lowest BCUT2D eigenvalue weighted by molar-refractivity contribution is -0.0300. The first-order valence-electron chi connectivity index (χ1n) is 7.52. The molecule has 0 spiro atoms. The van der Waals surface area contributed by atoms with Gasteiger partial charge in [-0.1, -0.05) is 13.0 Å². The molecular weight excluding hydrogens is 257 g/mol. The van der Waals surface area contributed by atoms with Crippen molar-refractivity contribution in [2.75, 3.05) is 6.54 Å². The van der Waals surface area contributed by atoms with Gasteiger partial charge in [-0.25, -0.2) is 4.39 Å². The van der Waals surface area contributed by atoms with E-state index in [1.165, 1.54) is 12.1 Å². The van der Waals surface area contributed by atoms with Gasteiger partial charge in [0.15, 0.2) is 0 Å². The van der Waals surface area contributed by atoms with Crippen LogP contribution in [0, 0.1) is 5.82 Å². The maximum atomic E-state index is 13.4. The maximum absolute atomic E-state index is 13.4. The first-order chi connectivity index (χ1) is 9.67. The molecule has 20 heavy (non-hydrogen) atoms. The smallest absolute Gasteiger partial charge is 0.127 e. The predicted molar refractivity (Wildman–Crippen MR) is 75.4 cm³/mol. The summed E-state index contributed by atoms with van der Waals surface area (Å²) in [4.78, 5) is 0. The van der Waals surface area contributed by atoms with E-state index in [2.05, 4.69) is 19.2 Å². The Labute approximate surface area is 119 Å². The molecule has 4 atom stereocenters. The van der Waals surface area contributed by atoms with E-state index in [9.17, 15) is 4.39 Å². The minimum Gasteiger partial charge on any atom is -0.487 e. The Hall–Kier alpha value is -1.13. The maximum Gasteiger partial charge on any atom is 0.127 e. The van der Waals surface area contributed by atoms with Crippen LogP contribution in [0.15, 0.2) is 18.2 Å². The van der Waals surface area contributed by atoms with Crippen LogP contribution in [-0.4, -0.2) is 24.9 Å². The Morgan fingerprint density at radius 2 is 2.15 bits per heavy atom. The van der Waals surface area contributed by atoms with Gasteiger partial charge in [0.25, 0.3) is 0 Å². The van der Waals surface area contributed by atoms with Crippen molar-refractivity contribution in [3.63, 3.8) is 0 Å². The normalized spacial score (nSPS) is 32.8. The molecule has 3 nitrogen and oxygen atoms in total. The number of nitrogens with one attached hydrogen (secondary N) is 1. The van der Waals surface area contributed by atoms with E-state index in [-0.39, 0.29) is 24.1 Å². The lowest BCUT2D eigenvalue weighted by Gasteiger charge is -2.35. The molecule has 2 heterocycles. The van der Waals surface area contributed by atoms with Gasteiger partial charge in [-0.2, -0.15) is 0 Å². The Morgan fingerprint density at radius 1 is 1.30 bits per heavy atom. The second-order valence-electron chi connectivity index (χ2n) is 5.75. The molecule has 1 fully saturated rings. The number of benzene rings is 1. The van der Waals surface area contributed by atoms with Gasteiger partial charge in [0.2, 0.25) is 0 Å². The van der Waals surface area contributed by atoms with Crippen LogP contribution in [0.2, 0.25) is 0 Å². The van der Waals surface area contributed by atoms with Crippen molar-refractivity contribution in [2.24, 2.45) is 0 Å². The minimum absolute atomic E-state index is 0.0123. The fourth-order valence-electron chi connectivity index (χ4n) is 3.24. The molecular formula is C16H22FNO2. The molecule has 1 N–H and O–H groups in total. The second-order valence-corrected chi connectivity index (χ2v) is 5.75. The predicted octanol–water partition coefficient (Wildman–Crippen LogP) is 3.19. The molecule has 110 valence electrons. The van der Waals surface area contributed by atoms with E-state index in [0.717, 1.165) is 31.4 Å². The summed E-state index contributed by atoms with van der Waals surface area (Å²) in [5, 5.41) is 3.47. The van der Waals surface area contributed by atoms with Gasteiger partial charge in [0, 0.05) is 24.1 Å². The van der Waals surface area contributed by atoms with E-state index < -0.39 is 0 Å². The third kappa shape index (κ3) is 2.67. The largest absolute Gasteiger partial charge is 0.487 e. The SMILES string of the molecule is CCNC1CC(C2CCC(C)O2)Oc2cc(F)ccc21. The summed E-state index contributed by atoms with van der Waals surface area (Å²) < 4.78 is 25.4. The molecule has 1 aromatic carbocycles. The van der Waals surface area contributed by atoms with E-state index in [0.29, 0.717) is 11.9 Å². The van der Waals surface area contributed by atoms with Crippen molar-refractivity contribution in [1.82, 2.24) is 5.32 Å². The highest BCUT2D eigenvalue weighted by atomic mass is 19.1. The summed E-state index contributed by atoms with van der Waals surface area (Å²) in [6.07, 6.45) is 3.42. The standard InChI is InChI=1S/C16H22FNO2/c1-3-18-13-9-16(14-7-4-10(2)19-14)20-15-8-11(17)5-6-12(13)15/h5-6,8,10,13-14,16,18H,3-4,7,9H2,1-2H3. The number of ether oxygens (including phenoxy) is 2. The zero-order valence-corrected chi connectivity index (χ0v) is 12.1. The number of hydrogen-bond donors (Lipinski definition) is 1. The average molecular weight is 279 g/mol. The van der Waals surface area contributed by atoms with E-state index in [4.69, 9.17) is 9.47 Å². The van der Waals surface area contributed by atoms with Crippen LogP contribution in [0.1, 0.15) is 44.7 Å². The highest BCUT2D eigenvalue weighted by Gasteiger charge is 2.37. The van der Waals surface area contributed by atoms with Crippen molar-refractivity contribution >= 4 is 0 Å². The van der Waals surface area contributed by atoms with Gasteiger partial charge in [-0.3, -0.25) is 0 Å². The van der Waals surface area contributed by atoms with Crippen LogP contribution < -0.4 is 10.1 Å². The molecule has 0 amide bonds. The Kier molecular flexibility index (Phi) is 3.94. The number of rotatable bonds is 3. The van der Waals surface area contributed by atoms with Crippen LogP contribution >= 0.6 is 0 Å². The monoisotopic (exact) mass is 279 g/mol. The highest BCUT2D eigenvalue weighted by molar-refractivity contribution is 5.38. The average Bonchev–Trinajstić information content (AvgIpc) is 2.85. The molecule has 4 heteroatoms. The Morgan fingerprint density at radius 3 is 2.85 bits per heavy atom. The van der Waals surface area contributed by atoms with E-state index in [1.807, 2.05) is 6.07 Å². The third-order valence-electron chi connectivity index (χ3n) is 4.23. The molecule has 0 radical (unpaired) electrons. The number of fused-ring (bicyclic) bond motifs is 1. The summed E-state index contributed by atoms with van der Waals surface area (Å²) in [6.45, 7) is 5.07. The second kappa shape index (κ2) is 5.70. The summed E-state index contributed by atoms with van der Waals surface area (Å²) in [6, 6.07) is 5.03. The van der Waals surface area contributed by atoms with Crippen molar-refractivity contribution in [1.29, 1.82) is 0 Å². The quantitative estimate of drug-likeness (QED) is 0.921. The highest BCUT2D eigenvalue weighted by Crippen LogP contribution is 2.38. The molecule has 0 bridgehead atoms. The Bertz CT molecular complexity index is 480. The van der Waals surface area contributed by atoms with Crippen molar-refractivity contribution < 1.29 is 13.9 Å². The van der Waals surface area contributed by atoms with Crippen molar-refractivity contribution in [2.45, 2.75) is 57.5 Å². The first kappa shape index (κ1) is 13.8. The first-order valence-corrected chi connectivity index (χ1v) is 7.52. The van der Waals surface area contributed by atoms with Gasteiger partial charge in [0.1, 0.15) is 17.7 Å². The van der Waals surface area contributed by atoms with Gasteiger partial charge >= 0.3 is 0 Å². The lowest BCUT2D eigenvalue weighted by atomic mass is 9.93. The van der Waals surface area contributed by atoms with Gasteiger partial charge < -0.3 is 14.8 Å². The molecule has 4 unspecified atom stereocenters. The zero-order chi connectivity index (χ0) is 14.1. The molecule has 0 aliphatic carbocycles. The van der Waals surface area contributed by atoms with Gasteiger partial charge in [-0.15, -0.1) is 0 Å². The number of hydrogen-bond acceptors (Lipinski definition) is 3. The Balaban J connectivity index is 1.83.